The van der Waals surface area contributed by atoms with Crippen LogP contribution in [0.3, 0.4) is 0 Å². The van der Waals surface area contributed by atoms with E-state index in [0.717, 1.165) is 5.56 Å². The molecule has 8 nitrogen and oxygen atoms in total. The van der Waals surface area contributed by atoms with E-state index in [4.69, 9.17) is 0 Å². The fraction of sp³-hybridized carbons (Fsp3) is 0.400. The van der Waals surface area contributed by atoms with E-state index in [9.17, 15) is 24.0 Å². The minimum absolute atomic E-state index is 0.102. The van der Waals surface area contributed by atoms with Crippen molar-refractivity contribution in [2.24, 2.45) is 17.8 Å². The summed E-state index contributed by atoms with van der Waals surface area (Å²) in [4.78, 5) is 62.2. The van der Waals surface area contributed by atoms with Crippen molar-refractivity contribution in [1.29, 1.82) is 0 Å². The fourth-order valence-electron chi connectivity index (χ4n) is 3.66. The Morgan fingerprint density at radius 2 is 1.70 bits per heavy atom. The van der Waals surface area contributed by atoms with Crippen LogP contribution in [0.1, 0.15) is 45.7 Å². The normalized spacial score (nSPS) is 20.2. The molecule has 3 N–H and O–H groups in total. The van der Waals surface area contributed by atoms with Gasteiger partial charge in [-0.25, -0.2) is 0 Å². The van der Waals surface area contributed by atoms with Gasteiger partial charge in [0.25, 0.3) is 0 Å². The standard InChI is InChI=1S/C25H31N3O5/c1-5-6-8-13-19(29)26-18(17-11-9-7-10-12-17)14-20(30)27-22(15(2)3)23(31)21-16(4)24(32)28-25(21)33/h5-13,15-16,18,21-22H,14H2,1-4H3,(H,26,29)(H,27,30)(H,28,32,33)/b6-5?,13-8-/t16-,18+,21-,22?/m0/s1. The van der Waals surface area contributed by atoms with Gasteiger partial charge >= 0.3 is 0 Å². The highest BCUT2D eigenvalue weighted by molar-refractivity contribution is 6.16. The average molecular weight is 454 g/mol. The summed E-state index contributed by atoms with van der Waals surface area (Å²) in [7, 11) is 0. The third kappa shape index (κ3) is 6.97. The van der Waals surface area contributed by atoms with Gasteiger partial charge in [-0.15, -0.1) is 0 Å². The van der Waals surface area contributed by atoms with E-state index in [2.05, 4.69) is 16.0 Å². The zero-order valence-corrected chi connectivity index (χ0v) is 19.3. The number of carbonyl (C=O) groups excluding carboxylic acids is 5. The predicted molar refractivity (Wildman–Crippen MR) is 123 cm³/mol. The number of benzene rings is 1. The van der Waals surface area contributed by atoms with E-state index >= 15 is 0 Å². The highest BCUT2D eigenvalue weighted by Gasteiger charge is 2.46. The largest absolute Gasteiger partial charge is 0.346 e. The molecule has 176 valence electrons. The summed E-state index contributed by atoms with van der Waals surface area (Å²) in [6.45, 7) is 6.86. The van der Waals surface area contributed by atoms with Crippen LogP contribution in [0.25, 0.3) is 0 Å². The number of amides is 4. The molecule has 8 heteroatoms. The van der Waals surface area contributed by atoms with Gasteiger partial charge in [-0.05, 0) is 18.4 Å². The minimum atomic E-state index is -1.13. The number of carbonyl (C=O) groups is 5. The Balaban J connectivity index is 2.16. The summed E-state index contributed by atoms with van der Waals surface area (Å²) in [6.07, 6.45) is 6.36. The molecular formula is C25H31N3O5. The molecule has 1 aliphatic rings. The van der Waals surface area contributed by atoms with Gasteiger partial charge in [-0.3, -0.25) is 29.3 Å². The van der Waals surface area contributed by atoms with Crippen LogP contribution in [0.15, 0.2) is 54.6 Å². The molecule has 0 aromatic heterocycles. The van der Waals surface area contributed by atoms with Crippen molar-refractivity contribution in [2.75, 3.05) is 0 Å². The monoisotopic (exact) mass is 453 g/mol. The number of imide groups is 1. The number of rotatable bonds is 10. The molecule has 0 radical (unpaired) electrons. The second-order valence-electron chi connectivity index (χ2n) is 8.37. The maximum atomic E-state index is 13.1. The van der Waals surface area contributed by atoms with Gasteiger partial charge in [-0.1, -0.05) is 69.3 Å². The van der Waals surface area contributed by atoms with E-state index in [1.165, 1.54) is 13.0 Å². The molecule has 0 aliphatic carbocycles. The van der Waals surface area contributed by atoms with Crippen molar-refractivity contribution in [3.05, 3.63) is 60.2 Å². The minimum Gasteiger partial charge on any atom is -0.346 e. The molecule has 33 heavy (non-hydrogen) atoms. The quantitative estimate of drug-likeness (QED) is 0.216. The molecule has 4 atom stereocenters. The Bertz CT molecular complexity index is 952. The zero-order chi connectivity index (χ0) is 24.5. The molecule has 0 saturated carbocycles. The lowest BCUT2D eigenvalue weighted by molar-refractivity contribution is -0.137. The summed E-state index contributed by atoms with van der Waals surface area (Å²) >= 11 is 0. The van der Waals surface area contributed by atoms with Gasteiger partial charge in [0.15, 0.2) is 5.78 Å². The smallest absolute Gasteiger partial charge is 0.244 e. The summed E-state index contributed by atoms with van der Waals surface area (Å²) in [5.74, 6) is -4.67. The fourth-order valence-corrected chi connectivity index (χ4v) is 3.66. The van der Waals surface area contributed by atoms with Crippen LogP contribution in [0.2, 0.25) is 0 Å². The lowest BCUT2D eigenvalue weighted by Crippen LogP contribution is -2.49. The van der Waals surface area contributed by atoms with Crippen LogP contribution in [-0.4, -0.2) is 35.5 Å². The van der Waals surface area contributed by atoms with E-state index < -0.39 is 47.4 Å². The highest BCUT2D eigenvalue weighted by atomic mass is 16.2. The Kier molecular flexibility index (Phi) is 9.27. The maximum Gasteiger partial charge on any atom is 0.244 e. The van der Waals surface area contributed by atoms with Crippen molar-refractivity contribution in [3.8, 4) is 0 Å². The molecule has 0 spiro atoms. The van der Waals surface area contributed by atoms with E-state index in [-0.39, 0.29) is 18.2 Å². The zero-order valence-electron chi connectivity index (χ0n) is 19.3. The average Bonchev–Trinajstić information content (AvgIpc) is 3.03. The molecule has 1 aliphatic heterocycles. The Morgan fingerprint density at radius 1 is 1.03 bits per heavy atom. The van der Waals surface area contributed by atoms with Crippen molar-refractivity contribution in [2.45, 2.75) is 46.2 Å². The van der Waals surface area contributed by atoms with Crippen LogP contribution in [0, 0.1) is 17.8 Å². The molecule has 1 unspecified atom stereocenters. The van der Waals surface area contributed by atoms with Crippen LogP contribution in [0.4, 0.5) is 0 Å². The van der Waals surface area contributed by atoms with Crippen molar-refractivity contribution < 1.29 is 24.0 Å². The number of nitrogens with one attached hydrogen (secondary N) is 3. The van der Waals surface area contributed by atoms with Crippen LogP contribution in [-0.2, 0) is 24.0 Å². The lowest BCUT2D eigenvalue weighted by Gasteiger charge is -2.25. The topological polar surface area (TPSA) is 121 Å². The number of allylic oxidation sites excluding steroid dienone is 3. The lowest BCUT2D eigenvalue weighted by atomic mass is 9.85. The van der Waals surface area contributed by atoms with Crippen molar-refractivity contribution in [1.82, 2.24) is 16.0 Å². The van der Waals surface area contributed by atoms with Crippen LogP contribution >= 0.6 is 0 Å². The molecule has 4 amide bonds. The number of Topliss-reactive ketones (excluding diaryl/α,β-unsaturated/α-hetero) is 1. The number of hydrogen-bond donors (Lipinski definition) is 3. The van der Waals surface area contributed by atoms with E-state index in [1.807, 2.05) is 13.0 Å². The summed E-state index contributed by atoms with van der Waals surface area (Å²) in [5, 5.41) is 7.70. The van der Waals surface area contributed by atoms with Gasteiger partial charge in [-0.2, -0.15) is 0 Å². The molecule has 1 heterocycles. The van der Waals surface area contributed by atoms with Gasteiger partial charge < -0.3 is 10.6 Å². The molecule has 1 aromatic carbocycles. The third-order valence-corrected chi connectivity index (χ3v) is 5.50. The van der Waals surface area contributed by atoms with Crippen LogP contribution in [0.5, 0.6) is 0 Å². The van der Waals surface area contributed by atoms with E-state index in [0.29, 0.717) is 0 Å². The summed E-state index contributed by atoms with van der Waals surface area (Å²) < 4.78 is 0. The van der Waals surface area contributed by atoms with Crippen molar-refractivity contribution in [3.63, 3.8) is 0 Å². The number of hydrogen-bond acceptors (Lipinski definition) is 5. The predicted octanol–water partition coefficient (Wildman–Crippen LogP) is 1.98. The maximum absolute atomic E-state index is 13.1. The molecule has 1 fully saturated rings. The van der Waals surface area contributed by atoms with Gasteiger partial charge in [0, 0.05) is 6.08 Å². The first-order valence-corrected chi connectivity index (χ1v) is 11.0. The molecule has 2 rings (SSSR count). The summed E-state index contributed by atoms with van der Waals surface area (Å²) in [5.41, 5.74) is 0.738. The molecule has 1 saturated heterocycles. The first-order chi connectivity index (χ1) is 15.6. The van der Waals surface area contributed by atoms with Crippen LogP contribution < -0.4 is 16.0 Å². The highest BCUT2D eigenvalue weighted by Crippen LogP contribution is 2.24. The Morgan fingerprint density at radius 3 is 2.24 bits per heavy atom. The van der Waals surface area contributed by atoms with E-state index in [1.54, 1.807) is 56.3 Å². The molecular weight excluding hydrogens is 422 g/mol. The van der Waals surface area contributed by atoms with Crippen molar-refractivity contribution >= 4 is 29.4 Å². The summed E-state index contributed by atoms with van der Waals surface area (Å²) in [6, 6.07) is 7.48. The molecule has 1 aromatic rings. The second kappa shape index (κ2) is 11.9. The first-order valence-electron chi connectivity index (χ1n) is 11.0. The number of ketones is 1. The molecule has 0 bridgehead atoms. The SMILES string of the molecule is CC=C/C=C\C(=O)N[C@H](CC(=O)NC(C(=O)[C@H]1C(=O)NC(=O)[C@H]1C)C(C)C)c1ccccc1. The third-order valence-electron chi connectivity index (χ3n) is 5.50. The Hall–Kier alpha value is -3.55. The second-order valence-corrected chi connectivity index (χ2v) is 8.37. The Labute approximate surface area is 193 Å². The van der Waals surface area contributed by atoms with Gasteiger partial charge in [0.1, 0.15) is 5.92 Å². The van der Waals surface area contributed by atoms with Gasteiger partial charge in [0.2, 0.25) is 23.6 Å². The van der Waals surface area contributed by atoms with Gasteiger partial charge in [0.05, 0.1) is 24.4 Å². The first kappa shape index (κ1) is 25.7.